The zero-order valence-corrected chi connectivity index (χ0v) is 8.60. The van der Waals surface area contributed by atoms with Gasteiger partial charge in [0.15, 0.2) is 0 Å². The van der Waals surface area contributed by atoms with Crippen molar-refractivity contribution in [2.45, 2.75) is 12.8 Å². The molecule has 84 valence electrons. The van der Waals surface area contributed by atoms with Gasteiger partial charge in [0.05, 0.1) is 0 Å². The Kier molecular flexibility index (Phi) is 5.21. The summed E-state index contributed by atoms with van der Waals surface area (Å²) in [4.78, 5) is 0. The van der Waals surface area contributed by atoms with Gasteiger partial charge in [-0.2, -0.15) is 0 Å². The van der Waals surface area contributed by atoms with Crippen LogP contribution in [-0.2, 0) is 6.42 Å². The number of hydrogen-bond donors (Lipinski definition) is 2. The third kappa shape index (κ3) is 3.93. The Hall–Kier alpha value is -1.00. The molecule has 0 heterocycles. The number of halogens is 2. The SMILES string of the molecule is NCCCNCCc1c(F)cccc1F. The Morgan fingerprint density at radius 1 is 1.13 bits per heavy atom. The van der Waals surface area contributed by atoms with Crippen LogP contribution in [-0.4, -0.2) is 19.6 Å². The van der Waals surface area contributed by atoms with Crippen molar-refractivity contribution in [3.8, 4) is 0 Å². The zero-order chi connectivity index (χ0) is 11.1. The molecule has 4 heteroatoms. The third-order valence-electron chi connectivity index (χ3n) is 2.17. The Morgan fingerprint density at radius 2 is 1.80 bits per heavy atom. The highest BCUT2D eigenvalue weighted by molar-refractivity contribution is 5.19. The first-order valence-electron chi connectivity index (χ1n) is 5.09. The monoisotopic (exact) mass is 214 g/mol. The van der Waals surface area contributed by atoms with Crippen molar-refractivity contribution in [3.05, 3.63) is 35.4 Å². The number of benzene rings is 1. The van der Waals surface area contributed by atoms with Crippen LogP contribution < -0.4 is 11.1 Å². The topological polar surface area (TPSA) is 38.0 Å². The van der Waals surface area contributed by atoms with E-state index in [9.17, 15) is 8.78 Å². The van der Waals surface area contributed by atoms with Gasteiger partial charge in [0.1, 0.15) is 11.6 Å². The summed E-state index contributed by atoms with van der Waals surface area (Å²) in [6.45, 7) is 1.98. The normalized spacial score (nSPS) is 10.6. The molecule has 15 heavy (non-hydrogen) atoms. The molecule has 0 aliphatic heterocycles. The molecule has 1 aromatic rings. The molecule has 1 aromatic carbocycles. The van der Waals surface area contributed by atoms with Gasteiger partial charge in [-0.05, 0) is 44.6 Å². The maximum atomic E-state index is 13.1. The molecule has 0 bridgehead atoms. The fourth-order valence-corrected chi connectivity index (χ4v) is 1.34. The Labute approximate surface area is 88.5 Å². The van der Waals surface area contributed by atoms with Crippen molar-refractivity contribution in [1.82, 2.24) is 5.32 Å². The van der Waals surface area contributed by atoms with Gasteiger partial charge >= 0.3 is 0 Å². The quantitative estimate of drug-likeness (QED) is 0.703. The van der Waals surface area contributed by atoms with Gasteiger partial charge in [-0.1, -0.05) is 6.07 Å². The third-order valence-corrected chi connectivity index (χ3v) is 2.17. The van der Waals surface area contributed by atoms with Crippen molar-refractivity contribution in [3.63, 3.8) is 0 Å². The minimum absolute atomic E-state index is 0.151. The average molecular weight is 214 g/mol. The van der Waals surface area contributed by atoms with Crippen LogP contribution in [0.1, 0.15) is 12.0 Å². The average Bonchev–Trinajstić information content (AvgIpc) is 2.21. The van der Waals surface area contributed by atoms with E-state index in [0.29, 0.717) is 19.5 Å². The Morgan fingerprint density at radius 3 is 2.40 bits per heavy atom. The molecular weight excluding hydrogens is 198 g/mol. The Balaban J connectivity index is 2.37. The largest absolute Gasteiger partial charge is 0.330 e. The van der Waals surface area contributed by atoms with E-state index in [1.165, 1.54) is 18.2 Å². The number of nitrogens with two attached hydrogens (primary N) is 1. The van der Waals surface area contributed by atoms with Crippen molar-refractivity contribution in [2.24, 2.45) is 5.73 Å². The van der Waals surface area contributed by atoms with E-state index >= 15 is 0 Å². The number of rotatable bonds is 6. The van der Waals surface area contributed by atoms with Gasteiger partial charge in [-0.25, -0.2) is 8.78 Å². The molecule has 0 unspecified atom stereocenters. The molecule has 0 saturated heterocycles. The molecule has 0 radical (unpaired) electrons. The van der Waals surface area contributed by atoms with Crippen molar-refractivity contribution < 1.29 is 8.78 Å². The van der Waals surface area contributed by atoms with E-state index in [1.807, 2.05) is 0 Å². The maximum absolute atomic E-state index is 13.1. The highest BCUT2D eigenvalue weighted by Crippen LogP contribution is 2.11. The van der Waals surface area contributed by atoms with Crippen LogP contribution >= 0.6 is 0 Å². The van der Waals surface area contributed by atoms with E-state index < -0.39 is 11.6 Å². The van der Waals surface area contributed by atoms with Crippen molar-refractivity contribution in [2.75, 3.05) is 19.6 Å². The van der Waals surface area contributed by atoms with Crippen molar-refractivity contribution >= 4 is 0 Å². The van der Waals surface area contributed by atoms with Gasteiger partial charge < -0.3 is 11.1 Å². The molecule has 0 aliphatic rings. The highest BCUT2D eigenvalue weighted by atomic mass is 19.1. The maximum Gasteiger partial charge on any atom is 0.129 e. The minimum Gasteiger partial charge on any atom is -0.330 e. The van der Waals surface area contributed by atoms with E-state index in [4.69, 9.17) is 5.73 Å². The van der Waals surface area contributed by atoms with Crippen LogP contribution in [0.3, 0.4) is 0 Å². The Bertz CT molecular complexity index is 282. The van der Waals surface area contributed by atoms with Gasteiger partial charge in [-0.15, -0.1) is 0 Å². The van der Waals surface area contributed by atoms with Crippen molar-refractivity contribution in [1.29, 1.82) is 0 Å². The highest BCUT2D eigenvalue weighted by Gasteiger charge is 2.06. The van der Waals surface area contributed by atoms with E-state index in [0.717, 1.165) is 13.0 Å². The summed E-state index contributed by atoms with van der Waals surface area (Å²) < 4.78 is 26.3. The summed E-state index contributed by atoms with van der Waals surface area (Å²) in [5.41, 5.74) is 5.46. The lowest BCUT2D eigenvalue weighted by molar-refractivity contribution is 0.545. The second kappa shape index (κ2) is 6.48. The van der Waals surface area contributed by atoms with Crippen LogP contribution in [0.5, 0.6) is 0 Å². The lowest BCUT2D eigenvalue weighted by Gasteiger charge is -2.06. The minimum atomic E-state index is -0.476. The molecule has 0 atom stereocenters. The molecule has 0 saturated carbocycles. The van der Waals surface area contributed by atoms with E-state index in [-0.39, 0.29) is 5.56 Å². The first-order chi connectivity index (χ1) is 7.25. The molecule has 0 amide bonds. The number of nitrogens with one attached hydrogen (secondary N) is 1. The molecule has 0 aromatic heterocycles. The van der Waals surface area contributed by atoms with Gasteiger partial charge in [0.25, 0.3) is 0 Å². The lowest BCUT2D eigenvalue weighted by Crippen LogP contribution is -2.21. The molecule has 0 spiro atoms. The summed E-state index contributed by atoms with van der Waals surface area (Å²) in [5, 5.41) is 3.08. The molecule has 0 aliphatic carbocycles. The predicted molar refractivity (Wildman–Crippen MR) is 56.6 cm³/mol. The lowest BCUT2D eigenvalue weighted by atomic mass is 10.1. The van der Waals surface area contributed by atoms with E-state index in [1.54, 1.807) is 0 Å². The van der Waals surface area contributed by atoms with Crippen LogP contribution in [0.2, 0.25) is 0 Å². The predicted octanol–water partition coefficient (Wildman–Crippen LogP) is 1.45. The molecule has 3 N–H and O–H groups in total. The summed E-state index contributed by atoms with van der Waals surface area (Å²) in [7, 11) is 0. The molecule has 1 rings (SSSR count). The second-order valence-electron chi connectivity index (χ2n) is 3.34. The fourth-order valence-electron chi connectivity index (χ4n) is 1.34. The first kappa shape index (κ1) is 12.1. The van der Waals surface area contributed by atoms with Crippen LogP contribution in [0.15, 0.2) is 18.2 Å². The number of hydrogen-bond acceptors (Lipinski definition) is 2. The van der Waals surface area contributed by atoms with Crippen LogP contribution in [0.4, 0.5) is 8.78 Å². The van der Waals surface area contributed by atoms with Crippen LogP contribution in [0.25, 0.3) is 0 Å². The second-order valence-corrected chi connectivity index (χ2v) is 3.34. The summed E-state index contributed by atoms with van der Waals surface area (Å²) in [5.74, 6) is -0.953. The molecule has 0 fully saturated rings. The summed E-state index contributed by atoms with van der Waals surface area (Å²) in [6, 6.07) is 3.92. The molecule has 2 nitrogen and oxygen atoms in total. The first-order valence-corrected chi connectivity index (χ1v) is 5.09. The van der Waals surface area contributed by atoms with Gasteiger partial charge in [0.2, 0.25) is 0 Å². The zero-order valence-electron chi connectivity index (χ0n) is 8.60. The smallest absolute Gasteiger partial charge is 0.129 e. The van der Waals surface area contributed by atoms with Gasteiger partial charge in [-0.3, -0.25) is 0 Å². The summed E-state index contributed by atoms with van der Waals surface area (Å²) >= 11 is 0. The van der Waals surface area contributed by atoms with E-state index in [2.05, 4.69) is 5.32 Å². The van der Waals surface area contributed by atoms with Gasteiger partial charge in [0, 0.05) is 5.56 Å². The van der Waals surface area contributed by atoms with Crippen LogP contribution in [0, 0.1) is 11.6 Å². The summed E-state index contributed by atoms with van der Waals surface area (Å²) in [6.07, 6.45) is 1.24. The fraction of sp³-hybridized carbons (Fsp3) is 0.455. The molecular formula is C11H16F2N2. The standard InChI is InChI=1S/C11H16F2N2/c12-10-3-1-4-11(13)9(10)5-8-15-7-2-6-14/h1,3-4,15H,2,5-8,14H2.